The molecule has 0 saturated carbocycles. The number of ether oxygens (including phenoxy) is 1. The minimum atomic E-state index is 0.259. The van der Waals surface area contributed by atoms with Crippen LogP contribution in [0.1, 0.15) is 44.2 Å². The summed E-state index contributed by atoms with van der Waals surface area (Å²) in [7, 11) is 1.67. The number of amides is 1. The average molecular weight is 247 g/mol. The van der Waals surface area contributed by atoms with Crippen molar-refractivity contribution in [3.63, 3.8) is 0 Å². The van der Waals surface area contributed by atoms with Gasteiger partial charge in [-0.25, -0.2) is 0 Å². The van der Waals surface area contributed by atoms with E-state index in [1.54, 1.807) is 7.11 Å². The highest BCUT2D eigenvalue weighted by atomic mass is 16.5. The lowest BCUT2D eigenvalue weighted by molar-refractivity contribution is -0.132. The van der Waals surface area contributed by atoms with Crippen molar-refractivity contribution < 1.29 is 9.53 Å². The highest BCUT2D eigenvalue weighted by Gasteiger charge is 2.29. The molecular weight excluding hydrogens is 226 g/mol. The van der Waals surface area contributed by atoms with Crippen molar-refractivity contribution in [2.24, 2.45) is 0 Å². The number of hydrogen-bond acceptors (Lipinski definition) is 2. The fourth-order valence-corrected chi connectivity index (χ4v) is 2.60. The Morgan fingerprint density at radius 1 is 1.39 bits per heavy atom. The van der Waals surface area contributed by atoms with Crippen LogP contribution < -0.4 is 4.74 Å². The van der Waals surface area contributed by atoms with E-state index >= 15 is 0 Å². The van der Waals surface area contributed by atoms with Gasteiger partial charge in [0.05, 0.1) is 13.2 Å². The maximum absolute atomic E-state index is 12.1. The average Bonchev–Trinajstić information content (AvgIpc) is 2.88. The largest absolute Gasteiger partial charge is 0.497 e. The molecule has 1 aliphatic rings. The van der Waals surface area contributed by atoms with Crippen LogP contribution in [-0.4, -0.2) is 24.5 Å². The predicted molar refractivity (Wildman–Crippen MR) is 71.6 cm³/mol. The summed E-state index contributed by atoms with van der Waals surface area (Å²) >= 11 is 0. The zero-order chi connectivity index (χ0) is 13.0. The van der Waals surface area contributed by atoms with Gasteiger partial charge in [-0.1, -0.05) is 19.1 Å². The van der Waals surface area contributed by atoms with E-state index in [1.165, 1.54) is 5.56 Å². The summed E-state index contributed by atoms with van der Waals surface area (Å²) in [5.74, 6) is 1.15. The molecular formula is C15H21NO2. The summed E-state index contributed by atoms with van der Waals surface area (Å²) in [6.45, 7) is 2.95. The summed E-state index contributed by atoms with van der Waals surface area (Å²) in [6.07, 6.45) is 3.76. The Labute approximate surface area is 109 Å². The van der Waals surface area contributed by atoms with Crippen molar-refractivity contribution in [2.45, 2.75) is 38.6 Å². The molecule has 2 rings (SSSR count). The van der Waals surface area contributed by atoms with Gasteiger partial charge in [0.2, 0.25) is 5.91 Å². The molecule has 0 aromatic heterocycles. The Kier molecular flexibility index (Phi) is 4.24. The van der Waals surface area contributed by atoms with Crippen LogP contribution in [0.25, 0.3) is 0 Å². The zero-order valence-electron chi connectivity index (χ0n) is 11.2. The topological polar surface area (TPSA) is 29.5 Å². The number of carbonyl (C=O) groups excluding carboxylic acids is 1. The molecule has 3 heteroatoms. The number of likely N-dealkylation sites (tertiary alicyclic amines) is 1. The first-order chi connectivity index (χ1) is 8.76. The third kappa shape index (κ3) is 2.66. The Morgan fingerprint density at radius 2 is 2.11 bits per heavy atom. The van der Waals surface area contributed by atoms with Gasteiger partial charge in [0.15, 0.2) is 0 Å². The van der Waals surface area contributed by atoms with Crippen molar-refractivity contribution in [1.82, 2.24) is 4.90 Å². The first kappa shape index (κ1) is 12.9. The van der Waals surface area contributed by atoms with Crippen molar-refractivity contribution in [3.05, 3.63) is 29.8 Å². The molecule has 1 heterocycles. The van der Waals surface area contributed by atoms with Crippen molar-refractivity contribution in [2.75, 3.05) is 13.7 Å². The van der Waals surface area contributed by atoms with Crippen LogP contribution in [0, 0.1) is 0 Å². The van der Waals surface area contributed by atoms with Crippen molar-refractivity contribution >= 4 is 5.91 Å². The van der Waals surface area contributed by atoms with Crippen LogP contribution in [0.4, 0.5) is 0 Å². The van der Waals surface area contributed by atoms with Gasteiger partial charge in [-0.2, -0.15) is 0 Å². The van der Waals surface area contributed by atoms with Gasteiger partial charge in [-0.15, -0.1) is 0 Å². The van der Waals surface area contributed by atoms with Crippen LogP contribution in [0.2, 0.25) is 0 Å². The smallest absolute Gasteiger partial charge is 0.223 e. The van der Waals surface area contributed by atoms with Gasteiger partial charge >= 0.3 is 0 Å². The molecule has 1 saturated heterocycles. The van der Waals surface area contributed by atoms with Crippen LogP contribution in [0.15, 0.2) is 24.3 Å². The Bertz CT molecular complexity index is 399. The number of hydrogen-bond donors (Lipinski definition) is 0. The van der Waals surface area contributed by atoms with E-state index < -0.39 is 0 Å². The van der Waals surface area contributed by atoms with E-state index in [1.807, 2.05) is 17.0 Å². The zero-order valence-corrected chi connectivity index (χ0v) is 11.2. The maximum atomic E-state index is 12.1. The number of rotatable bonds is 4. The molecule has 0 N–H and O–H groups in total. The monoisotopic (exact) mass is 247 g/mol. The molecule has 1 fully saturated rings. The number of methoxy groups -OCH3 is 1. The quantitative estimate of drug-likeness (QED) is 0.818. The third-order valence-corrected chi connectivity index (χ3v) is 3.54. The second kappa shape index (κ2) is 5.89. The molecule has 1 aromatic rings. The minimum Gasteiger partial charge on any atom is -0.497 e. The van der Waals surface area contributed by atoms with E-state index in [2.05, 4.69) is 19.1 Å². The molecule has 0 spiro atoms. The summed E-state index contributed by atoms with van der Waals surface area (Å²) in [6, 6.07) is 8.34. The summed E-state index contributed by atoms with van der Waals surface area (Å²) in [5.41, 5.74) is 1.22. The lowest BCUT2D eigenvalue weighted by Crippen LogP contribution is -2.30. The maximum Gasteiger partial charge on any atom is 0.223 e. The molecule has 1 aliphatic heterocycles. The van der Waals surface area contributed by atoms with Gasteiger partial charge in [0.1, 0.15) is 5.75 Å². The number of nitrogens with zero attached hydrogens (tertiary/aromatic N) is 1. The first-order valence-corrected chi connectivity index (χ1v) is 6.69. The van der Waals surface area contributed by atoms with Crippen LogP contribution in [-0.2, 0) is 4.79 Å². The van der Waals surface area contributed by atoms with E-state index in [0.29, 0.717) is 6.42 Å². The molecule has 1 unspecified atom stereocenters. The molecule has 18 heavy (non-hydrogen) atoms. The molecule has 0 bridgehead atoms. The van der Waals surface area contributed by atoms with Gasteiger partial charge < -0.3 is 9.64 Å². The molecule has 0 aliphatic carbocycles. The lowest BCUT2D eigenvalue weighted by atomic mass is 10.0. The molecule has 3 nitrogen and oxygen atoms in total. The first-order valence-electron chi connectivity index (χ1n) is 6.69. The molecule has 1 aromatic carbocycles. The third-order valence-electron chi connectivity index (χ3n) is 3.54. The molecule has 0 radical (unpaired) electrons. The molecule has 1 amide bonds. The van der Waals surface area contributed by atoms with E-state index in [0.717, 1.165) is 31.6 Å². The van der Waals surface area contributed by atoms with Crippen molar-refractivity contribution in [1.29, 1.82) is 0 Å². The predicted octanol–water partition coefficient (Wildman–Crippen LogP) is 3.16. The van der Waals surface area contributed by atoms with Gasteiger partial charge in [-0.3, -0.25) is 4.79 Å². The number of benzene rings is 1. The van der Waals surface area contributed by atoms with Crippen LogP contribution in [0.5, 0.6) is 5.75 Å². The summed E-state index contributed by atoms with van der Waals surface area (Å²) < 4.78 is 5.16. The van der Waals surface area contributed by atoms with Crippen molar-refractivity contribution in [3.8, 4) is 5.75 Å². The lowest BCUT2D eigenvalue weighted by Gasteiger charge is -2.25. The van der Waals surface area contributed by atoms with Crippen LogP contribution >= 0.6 is 0 Å². The van der Waals surface area contributed by atoms with E-state index in [4.69, 9.17) is 4.74 Å². The van der Waals surface area contributed by atoms with Gasteiger partial charge in [0, 0.05) is 13.0 Å². The van der Waals surface area contributed by atoms with E-state index in [-0.39, 0.29) is 11.9 Å². The van der Waals surface area contributed by atoms with Crippen LogP contribution in [0.3, 0.4) is 0 Å². The SMILES string of the molecule is CCCC(=O)N1CCCC1c1ccc(OC)cc1. The van der Waals surface area contributed by atoms with Gasteiger partial charge in [0.25, 0.3) is 0 Å². The molecule has 1 atom stereocenters. The standard InChI is InChI=1S/C15H21NO2/c1-3-5-15(17)16-11-4-6-14(16)12-7-9-13(18-2)10-8-12/h7-10,14H,3-6,11H2,1-2H3. The highest BCUT2D eigenvalue weighted by Crippen LogP contribution is 2.33. The minimum absolute atomic E-state index is 0.259. The Balaban J connectivity index is 2.12. The summed E-state index contributed by atoms with van der Waals surface area (Å²) in [5, 5.41) is 0. The normalized spacial score (nSPS) is 19.0. The molecule has 98 valence electrons. The fourth-order valence-electron chi connectivity index (χ4n) is 2.60. The van der Waals surface area contributed by atoms with E-state index in [9.17, 15) is 4.79 Å². The Hall–Kier alpha value is -1.51. The fraction of sp³-hybridized carbons (Fsp3) is 0.533. The second-order valence-corrected chi connectivity index (χ2v) is 4.77. The number of carbonyl (C=O) groups is 1. The summed E-state index contributed by atoms with van der Waals surface area (Å²) in [4.78, 5) is 14.1. The van der Waals surface area contributed by atoms with Gasteiger partial charge in [-0.05, 0) is 37.0 Å². The second-order valence-electron chi connectivity index (χ2n) is 4.77. The Morgan fingerprint density at radius 3 is 2.72 bits per heavy atom. The highest BCUT2D eigenvalue weighted by molar-refractivity contribution is 5.77.